The second kappa shape index (κ2) is 4.58. The smallest absolute Gasteiger partial charge is 0.144 e. The maximum atomic E-state index is 5.44. The van der Waals surface area contributed by atoms with E-state index in [1.807, 2.05) is 25.5 Å². The first-order valence-electron chi connectivity index (χ1n) is 5.76. The lowest BCUT2D eigenvalue weighted by atomic mass is 10.4. The Morgan fingerprint density at radius 1 is 1.44 bits per heavy atom. The standard InChI is InChI=1S/C11H14N6S/c1-17-6-8(5-13-17)18-10-4-9(16-12)14-11(15-10)7-2-3-7/h4-7H,2-3,12H2,1H3,(H,14,15,16). The lowest BCUT2D eigenvalue weighted by Crippen LogP contribution is -2.10. The fourth-order valence-electron chi connectivity index (χ4n) is 1.67. The molecule has 0 radical (unpaired) electrons. The highest BCUT2D eigenvalue weighted by Gasteiger charge is 2.27. The fraction of sp³-hybridized carbons (Fsp3) is 0.364. The third-order valence-corrected chi connectivity index (χ3v) is 3.58. The summed E-state index contributed by atoms with van der Waals surface area (Å²) in [6.45, 7) is 0. The zero-order valence-corrected chi connectivity index (χ0v) is 10.8. The Hall–Kier alpha value is -1.60. The van der Waals surface area contributed by atoms with Gasteiger partial charge in [-0.15, -0.1) is 0 Å². The summed E-state index contributed by atoms with van der Waals surface area (Å²) in [7, 11) is 1.90. The number of aromatic nitrogens is 4. The van der Waals surface area contributed by atoms with Crippen LogP contribution in [0.4, 0.5) is 5.82 Å². The predicted octanol–water partition coefficient (Wildman–Crippen LogP) is 1.52. The van der Waals surface area contributed by atoms with E-state index in [2.05, 4.69) is 20.5 Å². The van der Waals surface area contributed by atoms with Gasteiger partial charge in [0, 0.05) is 25.2 Å². The van der Waals surface area contributed by atoms with Gasteiger partial charge < -0.3 is 5.43 Å². The van der Waals surface area contributed by atoms with Crippen LogP contribution in [0.5, 0.6) is 0 Å². The van der Waals surface area contributed by atoms with E-state index in [0.717, 1.165) is 15.7 Å². The molecule has 0 spiro atoms. The number of anilines is 1. The third kappa shape index (κ3) is 2.46. The minimum Gasteiger partial charge on any atom is -0.308 e. The molecule has 3 N–H and O–H groups in total. The molecule has 1 aliphatic rings. The molecule has 0 atom stereocenters. The molecule has 6 nitrogen and oxygen atoms in total. The number of hydrogen-bond donors (Lipinski definition) is 2. The highest BCUT2D eigenvalue weighted by Crippen LogP contribution is 2.39. The van der Waals surface area contributed by atoms with Crippen LogP contribution in [-0.4, -0.2) is 19.7 Å². The molecular weight excluding hydrogens is 248 g/mol. The third-order valence-electron chi connectivity index (χ3n) is 2.71. The molecule has 1 fully saturated rings. The van der Waals surface area contributed by atoms with Crippen LogP contribution < -0.4 is 11.3 Å². The van der Waals surface area contributed by atoms with Crippen molar-refractivity contribution in [1.82, 2.24) is 19.7 Å². The summed E-state index contributed by atoms with van der Waals surface area (Å²) in [5.74, 6) is 7.50. The maximum absolute atomic E-state index is 5.44. The minimum atomic E-state index is 0.506. The quantitative estimate of drug-likeness (QED) is 0.494. The summed E-state index contributed by atoms with van der Waals surface area (Å²) in [5.41, 5.74) is 2.60. The molecule has 0 unspecified atom stereocenters. The van der Waals surface area contributed by atoms with Gasteiger partial charge in [0.25, 0.3) is 0 Å². The van der Waals surface area contributed by atoms with Crippen molar-refractivity contribution in [2.24, 2.45) is 12.9 Å². The fourth-order valence-corrected chi connectivity index (χ4v) is 2.52. The molecule has 3 rings (SSSR count). The summed E-state index contributed by atoms with van der Waals surface area (Å²) in [6, 6.07) is 1.85. The summed E-state index contributed by atoms with van der Waals surface area (Å²) in [4.78, 5) is 10.0. The van der Waals surface area contributed by atoms with Crippen molar-refractivity contribution in [3.63, 3.8) is 0 Å². The van der Waals surface area contributed by atoms with Crippen LogP contribution in [0.3, 0.4) is 0 Å². The number of hydrogen-bond acceptors (Lipinski definition) is 6. The highest BCUT2D eigenvalue weighted by molar-refractivity contribution is 7.99. The average Bonchev–Trinajstić information content (AvgIpc) is 3.14. The molecule has 2 aromatic heterocycles. The van der Waals surface area contributed by atoms with E-state index in [1.54, 1.807) is 16.4 Å². The molecule has 1 saturated carbocycles. The van der Waals surface area contributed by atoms with Crippen molar-refractivity contribution in [3.8, 4) is 0 Å². The Morgan fingerprint density at radius 2 is 2.28 bits per heavy atom. The van der Waals surface area contributed by atoms with Gasteiger partial charge >= 0.3 is 0 Å². The van der Waals surface area contributed by atoms with Gasteiger partial charge in [-0.1, -0.05) is 11.8 Å². The van der Waals surface area contributed by atoms with Gasteiger partial charge in [0.05, 0.1) is 11.1 Å². The molecule has 0 saturated heterocycles. The molecule has 1 aliphatic carbocycles. The molecule has 2 aromatic rings. The topological polar surface area (TPSA) is 81.7 Å². The average molecular weight is 262 g/mol. The predicted molar refractivity (Wildman–Crippen MR) is 69.1 cm³/mol. The van der Waals surface area contributed by atoms with Crippen LogP contribution in [0.2, 0.25) is 0 Å². The zero-order valence-electron chi connectivity index (χ0n) is 10.00. The second-order valence-corrected chi connectivity index (χ2v) is 5.41. The number of nitrogens with two attached hydrogens (primary N) is 1. The van der Waals surface area contributed by atoms with Crippen LogP contribution in [0, 0.1) is 0 Å². The summed E-state index contributed by atoms with van der Waals surface area (Å²) in [5, 5.41) is 5.03. The van der Waals surface area contributed by atoms with Crippen molar-refractivity contribution in [1.29, 1.82) is 0 Å². The lowest BCUT2D eigenvalue weighted by Gasteiger charge is -2.05. The van der Waals surface area contributed by atoms with Crippen molar-refractivity contribution in [2.75, 3.05) is 5.43 Å². The van der Waals surface area contributed by atoms with E-state index >= 15 is 0 Å². The molecule has 94 valence electrons. The van der Waals surface area contributed by atoms with E-state index in [-0.39, 0.29) is 0 Å². The molecule has 7 heteroatoms. The summed E-state index contributed by atoms with van der Waals surface area (Å²) >= 11 is 1.57. The molecule has 18 heavy (non-hydrogen) atoms. The van der Waals surface area contributed by atoms with E-state index < -0.39 is 0 Å². The van der Waals surface area contributed by atoms with Crippen molar-refractivity contribution in [3.05, 3.63) is 24.3 Å². The van der Waals surface area contributed by atoms with Crippen LogP contribution in [0.1, 0.15) is 24.6 Å². The Labute approximate surface area is 109 Å². The van der Waals surface area contributed by atoms with Gasteiger partial charge in [-0.3, -0.25) is 4.68 Å². The Bertz CT molecular complexity index is 562. The molecular formula is C11H14N6S. The monoisotopic (exact) mass is 262 g/mol. The van der Waals surface area contributed by atoms with Crippen molar-refractivity contribution >= 4 is 17.6 Å². The van der Waals surface area contributed by atoms with Crippen LogP contribution in [0.25, 0.3) is 0 Å². The minimum absolute atomic E-state index is 0.506. The van der Waals surface area contributed by atoms with Gasteiger partial charge in [-0.25, -0.2) is 15.8 Å². The molecule has 0 aromatic carbocycles. The summed E-state index contributed by atoms with van der Waals surface area (Å²) in [6.07, 6.45) is 6.12. The number of hydrazine groups is 1. The summed E-state index contributed by atoms with van der Waals surface area (Å²) < 4.78 is 1.77. The normalized spacial score (nSPS) is 14.8. The van der Waals surface area contributed by atoms with Gasteiger partial charge in [0.15, 0.2) is 0 Å². The van der Waals surface area contributed by atoms with Gasteiger partial charge in [-0.05, 0) is 12.8 Å². The highest BCUT2D eigenvalue weighted by atomic mass is 32.2. The molecule has 0 aliphatic heterocycles. The lowest BCUT2D eigenvalue weighted by molar-refractivity contribution is 0.766. The van der Waals surface area contributed by atoms with Crippen LogP contribution in [0.15, 0.2) is 28.4 Å². The van der Waals surface area contributed by atoms with Crippen LogP contribution in [-0.2, 0) is 7.05 Å². The van der Waals surface area contributed by atoms with Gasteiger partial charge in [0.2, 0.25) is 0 Å². The number of nitrogens with zero attached hydrogens (tertiary/aromatic N) is 4. The zero-order chi connectivity index (χ0) is 12.5. The number of rotatable bonds is 4. The number of aryl methyl sites for hydroxylation is 1. The van der Waals surface area contributed by atoms with Gasteiger partial charge in [0.1, 0.15) is 16.7 Å². The van der Waals surface area contributed by atoms with Crippen molar-refractivity contribution < 1.29 is 0 Å². The Morgan fingerprint density at radius 3 is 2.89 bits per heavy atom. The van der Waals surface area contributed by atoms with Crippen molar-refractivity contribution in [2.45, 2.75) is 28.7 Å². The first-order valence-corrected chi connectivity index (χ1v) is 6.58. The Balaban J connectivity index is 1.88. The number of nitrogen functional groups attached to an aromatic ring is 1. The SMILES string of the molecule is Cn1cc(Sc2cc(NN)nc(C3CC3)n2)cn1. The van der Waals surface area contributed by atoms with Gasteiger partial charge in [-0.2, -0.15) is 5.10 Å². The maximum Gasteiger partial charge on any atom is 0.144 e. The van der Waals surface area contributed by atoms with Crippen LogP contribution >= 0.6 is 11.8 Å². The van der Waals surface area contributed by atoms with E-state index in [4.69, 9.17) is 5.84 Å². The first kappa shape index (κ1) is 11.5. The van der Waals surface area contributed by atoms with E-state index in [0.29, 0.717) is 11.7 Å². The molecule has 0 bridgehead atoms. The Kier molecular flexibility index (Phi) is 2.92. The van der Waals surface area contributed by atoms with E-state index in [1.165, 1.54) is 12.8 Å². The first-order chi connectivity index (χ1) is 8.74. The molecule has 0 amide bonds. The second-order valence-electron chi connectivity index (χ2n) is 4.32. The van der Waals surface area contributed by atoms with E-state index in [9.17, 15) is 0 Å². The largest absolute Gasteiger partial charge is 0.308 e. The molecule has 2 heterocycles. The number of nitrogens with one attached hydrogen (secondary N) is 1.